The lowest BCUT2D eigenvalue weighted by Crippen LogP contribution is -2.30. The highest BCUT2D eigenvalue weighted by molar-refractivity contribution is 7.11. The number of nitrogens with zero attached hydrogens (tertiary/aromatic N) is 1. The van der Waals surface area contributed by atoms with Crippen LogP contribution in [0.4, 0.5) is 0 Å². The number of thiazole rings is 1. The Morgan fingerprint density at radius 3 is 2.60 bits per heavy atom. The fourth-order valence-electron chi connectivity index (χ4n) is 1.86. The Hall–Kier alpha value is -2.21. The summed E-state index contributed by atoms with van der Waals surface area (Å²) in [5.74, 6) is -1.25. The van der Waals surface area contributed by atoms with Crippen molar-refractivity contribution in [2.45, 2.75) is 19.4 Å². The Balaban J connectivity index is 2.18. The number of hydrogen-bond donors (Lipinski definition) is 2. The minimum Gasteiger partial charge on any atom is -0.481 e. The lowest BCUT2D eigenvalue weighted by molar-refractivity contribution is -0.137. The van der Waals surface area contributed by atoms with Crippen LogP contribution in [0.1, 0.15) is 33.4 Å². The second-order valence-corrected chi connectivity index (χ2v) is 5.16. The Morgan fingerprint density at radius 1 is 1.35 bits per heavy atom. The zero-order valence-electron chi connectivity index (χ0n) is 10.9. The second-order valence-electron chi connectivity index (χ2n) is 4.30. The molecule has 0 aliphatic rings. The smallest absolute Gasteiger partial charge is 0.305 e. The Bertz CT molecular complexity index is 610. The summed E-state index contributed by atoms with van der Waals surface area (Å²) in [5.41, 5.74) is 3.01. The van der Waals surface area contributed by atoms with Crippen LogP contribution in [-0.4, -0.2) is 22.0 Å². The first kappa shape index (κ1) is 14.2. The lowest BCUT2D eigenvalue weighted by Gasteiger charge is -2.17. The van der Waals surface area contributed by atoms with Crippen LogP contribution in [0, 0.1) is 6.92 Å². The van der Waals surface area contributed by atoms with Crippen molar-refractivity contribution in [2.24, 2.45) is 0 Å². The number of rotatable bonds is 5. The van der Waals surface area contributed by atoms with Gasteiger partial charge in [0.15, 0.2) is 0 Å². The third-order valence-corrected chi connectivity index (χ3v) is 3.77. The first-order valence-corrected chi connectivity index (χ1v) is 6.93. The molecule has 6 heteroatoms. The number of aryl methyl sites for hydroxylation is 1. The van der Waals surface area contributed by atoms with Gasteiger partial charge in [-0.05, 0) is 12.5 Å². The highest BCUT2D eigenvalue weighted by atomic mass is 32.1. The van der Waals surface area contributed by atoms with E-state index in [1.165, 1.54) is 11.3 Å². The fraction of sp³-hybridized carbons (Fsp3) is 0.214. The van der Waals surface area contributed by atoms with E-state index >= 15 is 0 Å². The third-order valence-electron chi connectivity index (χ3n) is 2.84. The van der Waals surface area contributed by atoms with Gasteiger partial charge in [-0.15, -0.1) is 11.3 Å². The molecule has 0 fully saturated rings. The molecule has 1 aromatic heterocycles. The zero-order valence-corrected chi connectivity index (χ0v) is 11.7. The van der Waals surface area contributed by atoms with E-state index in [0.29, 0.717) is 10.6 Å². The predicted octanol–water partition coefficient (Wildman–Crippen LogP) is 2.40. The van der Waals surface area contributed by atoms with Crippen molar-refractivity contribution >= 4 is 23.2 Å². The number of hydrogen-bond acceptors (Lipinski definition) is 4. The van der Waals surface area contributed by atoms with Gasteiger partial charge in [-0.25, -0.2) is 4.98 Å². The number of benzene rings is 1. The molecule has 1 heterocycles. The number of aliphatic carboxylic acids is 1. The summed E-state index contributed by atoms with van der Waals surface area (Å²) in [6.07, 6.45) is -0.159. The largest absolute Gasteiger partial charge is 0.481 e. The van der Waals surface area contributed by atoms with E-state index in [9.17, 15) is 9.59 Å². The maximum absolute atomic E-state index is 12.2. The number of carboxylic acids is 1. The maximum Gasteiger partial charge on any atom is 0.305 e. The summed E-state index contributed by atoms with van der Waals surface area (Å²) in [6, 6.07) is 8.52. The number of aromatic nitrogens is 1. The van der Waals surface area contributed by atoms with E-state index < -0.39 is 12.0 Å². The van der Waals surface area contributed by atoms with E-state index in [1.54, 1.807) is 24.6 Å². The first-order chi connectivity index (χ1) is 9.58. The summed E-state index contributed by atoms with van der Waals surface area (Å²) >= 11 is 1.24. The average Bonchev–Trinajstić information content (AvgIpc) is 2.85. The first-order valence-electron chi connectivity index (χ1n) is 6.05. The molecular formula is C14H14N2O3S. The molecule has 0 bridgehead atoms. The highest BCUT2D eigenvalue weighted by Crippen LogP contribution is 2.19. The molecule has 0 saturated carbocycles. The van der Waals surface area contributed by atoms with Crippen LogP contribution in [0.3, 0.4) is 0 Å². The van der Waals surface area contributed by atoms with Crippen LogP contribution in [-0.2, 0) is 4.79 Å². The molecule has 5 nitrogen and oxygen atoms in total. The number of carbonyl (C=O) groups excluding carboxylic acids is 1. The molecule has 1 amide bonds. The molecule has 0 aliphatic carbocycles. The Labute approximate surface area is 120 Å². The molecule has 1 atom stereocenters. The topological polar surface area (TPSA) is 79.3 Å². The second kappa shape index (κ2) is 6.29. The van der Waals surface area contributed by atoms with Gasteiger partial charge in [0.1, 0.15) is 4.88 Å². The maximum atomic E-state index is 12.2. The molecule has 1 unspecified atom stereocenters. The van der Waals surface area contributed by atoms with Gasteiger partial charge in [-0.3, -0.25) is 9.59 Å². The standard InChI is InChI=1S/C14H14N2O3S/c1-9-13(20-8-15-9)14(19)16-11(7-12(17)18)10-5-3-2-4-6-10/h2-6,8,11H,7H2,1H3,(H,16,19)(H,17,18). The van der Waals surface area contributed by atoms with Gasteiger partial charge in [-0.2, -0.15) is 0 Å². The summed E-state index contributed by atoms with van der Waals surface area (Å²) < 4.78 is 0. The molecule has 0 radical (unpaired) electrons. The molecular weight excluding hydrogens is 276 g/mol. The van der Waals surface area contributed by atoms with Gasteiger partial charge in [-0.1, -0.05) is 30.3 Å². The van der Waals surface area contributed by atoms with Crippen molar-refractivity contribution in [2.75, 3.05) is 0 Å². The van der Waals surface area contributed by atoms with E-state index in [1.807, 2.05) is 18.2 Å². The predicted molar refractivity (Wildman–Crippen MR) is 75.8 cm³/mol. The normalized spacial score (nSPS) is 11.8. The lowest BCUT2D eigenvalue weighted by atomic mass is 10.0. The molecule has 20 heavy (non-hydrogen) atoms. The highest BCUT2D eigenvalue weighted by Gasteiger charge is 2.20. The van der Waals surface area contributed by atoms with Gasteiger partial charge < -0.3 is 10.4 Å². The number of amides is 1. The van der Waals surface area contributed by atoms with Crippen molar-refractivity contribution in [1.29, 1.82) is 0 Å². The molecule has 2 N–H and O–H groups in total. The molecule has 1 aromatic carbocycles. The van der Waals surface area contributed by atoms with Crippen molar-refractivity contribution < 1.29 is 14.7 Å². The quantitative estimate of drug-likeness (QED) is 0.886. The van der Waals surface area contributed by atoms with Crippen LogP contribution in [0.2, 0.25) is 0 Å². The van der Waals surface area contributed by atoms with Gasteiger partial charge in [0.05, 0.1) is 23.7 Å². The van der Waals surface area contributed by atoms with Gasteiger partial charge in [0.25, 0.3) is 5.91 Å². The molecule has 0 spiro atoms. The van der Waals surface area contributed by atoms with Crippen LogP contribution in [0.25, 0.3) is 0 Å². The van der Waals surface area contributed by atoms with Crippen molar-refractivity contribution in [3.8, 4) is 0 Å². The van der Waals surface area contributed by atoms with Crippen molar-refractivity contribution in [3.05, 3.63) is 52.0 Å². The molecule has 2 aromatic rings. The van der Waals surface area contributed by atoms with Gasteiger partial charge >= 0.3 is 5.97 Å². The fourth-order valence-corrected chi connectivity index (χ4v) is 2.56. The molecule has 0 saturated heterocycles. The summed E-state index contributed by atoms with van der Waals surface area (Å²) in [7, 11) is 0. The van der Waals surface area contributed by atoms with Crippen LogP contribution < -0.4 is 5.32 Å². The van der Waals surface area contributed by atoms with E-state index in [0.717, 1.165) is 5.56 Å². The minimum absolute atomic E-state index is 0.159. The Morgan fingerprint density at radius 2 is 2.05 bits per heavy atom. The van der Waals surface area contributed by atoms with E-state index in [-0.39, 0.29) is 12.3 Å². The summed E-state index contributed by atoms with van der Waals surface area (Å²) in [4.78, 5) is 27.6. The van der Waals surface area contributed by atoms with Crippen molar-refractivity contribution in [3.63, 3.8) is 0 Å². The average molecular weight is 290 g/mol. The monoisotopic (exact) mass is 290 g/mol. The van der Waals surface area contributed by atoms with Crippen molar-refractivity contribution in [1.82, 2.24) is 10.3 Å². The van der Waals surface area contributed by atoms with E-state index in [2.05, 4.69) is 10.3 Å². The number of carboxylic acid groups (broad SMARTS) is 1. The zero-order chi connectivity index (χ0) is 14.5. The summed E-state index contributed by atoms with van der Waals surface area (Å²) in [6.45, 7) is 1.75. The van der Waals surface area contributed by atoms with Gasteiger partial charge in [0, 0.05) is 0 Å². The Kier molecular flexibility index (Phi) is 4.47. The van der Waals surface area contributed by atoms with E-state index in [4.69, 9.17) is 5.11 Å². The summed E-state index contributed by atoms with van der Waals surface area (Å²) in [5, 5.41) is 11.7. The molecule has 104 valence electrons. The van der Waals surface area contributed by atoms with Crippen LogP contribution >= 0.6 is 11.3 Å². The SMILES string of the molecule is Cc1ncsc1C(=O)NC(CC(=O)O)c1ccccc1. The molecule has 2 rings (SSSR count). The van der Waals surface area contributed by atoms with Crippen LogP contribution in [0.15, 0.2) is 35.8 Å². The molecule has 0 aliphatic heterocycles. The number of carbonyl (C=O) groups is 2. The van der Waals surface area contributed by atoms with Crippen LogP contribution in [0.5, 0.6) is 0 Å². The minimum atomic E-state index is -0.958. The third kappa shape index (κ3) is 3.42. The number of nitrogens with one attached hydrogen (secondary N) is 1. The van der Waals surface area contributed by atoms with Gasteiger partial charge in [0.2, 0.25) is 0 Å².